The summed E-state index contributed by atoms with van der Waals surface area (Å²) in [6.07, 6.45) is 2.89. The van der Waals surface area contributed by atoms with E-state index in [-0.39, 0.29) is 17.6 Å². The van der Waals surface area contributed by atoms with Crippen molar-refractivity contribution < 1.29 is 18.7 Å². The second-order valence-corrected chi connectivity index (χ2v) is 4.97. The van der Waals surface area contributed by atoms with Crippen molar-refractivity contribution in [1.29, 1.82) is 0 Å². The van der Waals surface area contributed by atoms with E-state index in [4.69, 9.17) is 4.74 Å². The van der Waals surface area contributed by atoms with Crippen molar-refractivity contribution in [1.82, 2.24) is 0 Å². The SMILES string of the molecule is COc1ccc(NC(C)=O)c(NC(=O)/C=C/c2ccc(F)cc2)c1. The summed E-state index contributed by atoms with van der Waals surface area (Å²) in [5.41, 5.74) is 1.57. The molecule has 0 heterocycles. The number of nitrogens with one attached hydrogen (secondary N) is 2. The fourth-order valence-corrected chi connectivity index (χ4v) is 1.97. The third-order valence-electron chi connectivity index (χ3n) is 3.09. The van der Waals surface area contributed by atoms with Gasteiger partial charge in [-0.25, -0.2) is 4.39 Å². The molecule has 0 unspecified atom stereocenters. The number of methoxy groups -OCH3 is 1. The minimum atomic E-state index is -0.390. The quantitative estimate of drug-likeness (QED) is 0.826. The predicted octanol–water partition coefficient (Wildman–Crippen LogP) is 3.44. The average molecular weight is 328 g/mol. The summed E-state index contributed by atoms with van der Waals surface area (Å²) in [7, 11) is 1.51. The molecule has 2 amide bonds. The zero-order chi connectivity index (χ0) is 17.5. The van der Waals surface area contributed by atoms with Crippen LogP contribution in [0.15, 0.2) is 48.5 Å². The molecule has 0 saturated heterocycles. The van der Waals surface area contributed by atoms with Crippen LogP contribution in [0.3, 0.4) is 0 Å². The molecule has 0 bridgehead atoms. The second-order valence-electron chi connectivity index (χ2n) is 4.97. The third-order valence-corrected chi connectivity index (χ3v) is 3.09. The standard InChI is InChI=1S/C18H17FN2O3/c1-12(22)20-16-9-8-15(24-2)11-17(16)21-18(23)10-5-13-3-6-14(19)7-4-13/h3-11H,1-2H3,(H,20,22)(H,21,23)/b10-5+. The molecule has 2 N–H and O–H groups in total. The van der Waals surface area contributed by atoms with Gasteiger partial charge in [0.2, 0.25) is 11.8 Å². The molecule has 0 aliphatic rings. The highest BCUT2D eigenvalue weighted by molar-refractivity contribution is 6.05. The zero-order valence-electron chi connectivity index (χ0n) is 13.3. The Balaban J connectivity index is 2.14. The summed E-state index contributed by atoms with van der Waals surface area (Å²) in [6.45, 7) is 1.38. The molecule has 0 aliphatic carbocycles. The fourth-order valence-electron chi connectivity index (χ4n) is 1.97. The summed E-state index contributed by atoms with van der Waals surface area (Å²) >= 11 is 0. The molecule has 5 nitrogen and oxygen atoms in total. The Hall–Kier alpha value is -3.15. The van der Waals surface area contributed by atoms with Crippen LogP contribution in [0.25, 0.3) is 6.08 Å². The molecule has 0 saturated carbocycles. The molecule has 0 spiro atoms. The lowest BCUT2D eigenvalue weighted by molar-refractivity contribution is -0.114. The number of carbonyl (C=O) groups is 2. The van der Waals surface area contributed by atoms with Crippen LogP contribution in [0.2, 0.25) is 0 Å². The molecule has 0 aliphatic heterocycles. The minimum absolute atomic E-state index is 0.252. The Morgan fingerprint density at radius 1 is 1.04 bits per heavy atom. The maximum atomic E-state index is 12.8. The molecular weight excluding hydrogens is 311 g/mol. The van der Waals surface area contributed by atoms with E-state index in [9.17, 15) is 14.0 Å². The van der Waals surface area contributed by atoms with Crippen LogP contribution in [0.4, 0.5) is 15.8 Å². The van der Waals surface area contributed by atoms with E-state index in [0.717, 1.165) is 0 Å². The highest BCUT2D eigenvalue weighted by atomic mass is 19.1. The number of benzene rings is 2. The first kappa shape index (κ1) is 17.2. The Labute approximate surface area is 139 Å². The maximum absolute atomic E-state index is 12.8. The van der Waals surface area contributed by atoms with Crippen LogP contribution < -0.4 is 15.4 Å². The molecule has 2 aromatic carbocycles. The molecule has 0 radical (unpaired) electrons. The monoisotopic (exact) mass is 328 g/mol. The lowest BCUT2D eigenvalue weighted by Gasteiger charge is -2.12. The topological polar surface area (TPSA) is 67.4 Å². The number of carbonyl (C=O) groups excluding carboxylic acids is 2. The maximum Gasteiger partial charge on any atom is 0.248 e. The number of rotatable bonds is 5. The smallest absolute Gasteiger partial charge is 0.248 e. The summed E-state index contributed by atoms with van der Waals surface area (Å²) in [4.78, 5) is 23.3. The first-order chi connectivity index (χ1) is 11.5. The van der Waals surface area contributed by atoms with Gasteiger partial charge in [-0.1, -0.05) is 12.1 Å². The summed E-state index contributed by atoms with van der Waals surface area (Å²) in [5.74, 6) is -0.438. The first-order valence-electron chi connectivity index (χ1n) is 7.18. The van der Waals surface area contributed by atoms with Crippen LogP contribution in [0, 0.1) is 5.82 Å². The highest BCUT2D eigenvalue weighted by Crippen LogP contribution is 2.27. The van der Waals surface area contributed by atoms with Crippen molar-refractivity contribution in [3.63, 3.8) is 0 Å². The summed E-state index contributed by atoms with van der Waals surface area (Å²) in [5, 5.41) is 5.31. The normalized spacial score (nSPS) is 10.5. The molecule has 2 aromatic rings. The van der Waals surface area contributed by atoms with Gasteiger partial charge in [-0.2, -0.15) is 0 Å². The van der Waals surface area contributed by atoms with Crippen LogP contribution in [0.1, 0.15) is 12.5 Å². The molecule has 0 atom stereocenters. The Morgan fingerprint density at radius 2 is 1.75 bits per heavy atom. The summed E-state index contributed by atoms with van der Waals surface area (Å²) < 4.78 is 18.0. The number of anilines is 2. The van der Waals surface area contributed by atoms with Crippen molar-refractivity contribution >= 4 is 29.3 Å². The van der Waals surface area contributed by atoms with E-state index >= 15 is 0 Å². The van der Waals surface area contributed by atoms with Gasteiger partial charge in [0, 0.05) is 19.1 Å². The molecule has 124 valence electrons. The second kappa shape index (κ2) is 7.92. The van der Waals surface area contributed by atoms with Gasteiger partial charge in [-0.3, -0.25) is 9.59 Å². The van der Waals surface area contributed by atoms with Crippen molar-refractivity contribution in [2.24, 2.45) is 0 Å². The van der Waals surface area contributed by atoms with Gasteiger partial charge in [0.1, 0.15) is 11.6 Å². The zero-order valence-corrected chi connectivity index (χ0v) is 13.3. The van der Waals surface area contributed by atoms with E-state index in [1.165, 1.54) is 32.2 Å². The van der Waals surface area contributed by atoms with Crippen LogP contribution in [-0.2, 0) is 9.59 Å². The van der Waals surface area contributed by atoms with E-state index in [0.29, 0.717) is 22.7 Å². The lowest BCUT2D eigenvalue weighted by atomic mass is 10.2. The van der Waals surface area contributed by atoms with Crippen molar-refractivity contribution in [2.45, 2.75) is 6.92 Å². The van der Waals surface area contributed by atoms with Gasteiger partial charge in [0.05, 0.1) is 18.5 Å². The van der Waals surface area contributed by atoms with Crippen molar-refractivity contribution in [2.75, 3.05) is 17.7 Å². The molecule has 24 heavy (non-hydrogen) atoms. The molecule has 2 rings (SSSR count). The molecule has 0 fully saturated rings. The lowest BCUT2D eigenvalue weighted by Crippen LogP contribution is -2.13. The first-order valence-corrected chi connectivity index (χ1v) is 7.18. The van der Waals surface area contributed by atoms with E-state index in [1.807, 2.05) is 0 Å². The third kappa shape index (κ3) is 4.95. The number of amides is 2. The molecule has 6 heteroatoms. The number of hydrogen-bond donors (Lipinski definition) is 2. The highest BCUT2D eigenvalue weighted by Gasteiger charge is 2.08. The largest absolute Gasteiger partial charge is 0.497 e. The van der Waals surface area contributed by atoms with Gasteiger partial charge < -0.3 is 15.4 Å². The van der Waals surface area contributed by atoms with Gasteiger partial charge in [0.25, 0.3) is 0 Å². The van der Waals surface area contributed by atoms with E-state index in [1.54, 1.807) is 36.4 Å². The predicted molar refractivity (Wildman–Crippen MR) is 91.4 cm³/mol. The van der Waals surface area contributed by atoms with E-state index in [2.05, 4.69) is 10.6 Å². The van der Waals surface area contributed by atoms with Crippen LogP contribution in [-0.4, -0.2) is 18.9 Å². The fraction of sp³-hybridized carbons (Fsp3) is 0.111. The summed E-state index contributed by atoms with van der Waals surface area (Å²) in [6, 6.07) is 10.7. The number of hydrogen-bond acceptors (Lipinski definition) is 3. The van der Waals surface area contributed by atoms with Crippen molar-refractivity contribution in [3.05, 3.63) is 59.9 Å². The number of halogens is 1. The average Bonchev–Trinajstić information content (AvgIpc) is 2.55. The van der Waals surface area contributed by atoms with Crippen molar-refractivity contribution in [3.8, 4) is 5.75 Å². The minimum Gasteiger partial charge on any atom is -0.497 e. The van der Waals surface area contributed by atoms with Gasteiger partial charge in [-0.15, -0.1) is 0 Å². The Bertz CT molecular complexity index is 770. The number of ether oxygens (including phenoxy) is 1. The van der Waals surface area contributed by atoms with Gasteiger partial charge >= 0.3 is 0 Å². The Morgan fingerprint density at radius 3 is 2.38 bits per heavy atom. The van der Waals surface area contributed by atoms with Crippen LogP contribution in [0.5, 0.6) is 5.75 Å². The molecular formula is C18H17FN2O3. The Kier molecular flexibility index (Phi) is 5.68. The van der Waals surface area contributed by atoms with Crippen LogP contribution >= 0.6 is 0 Å². The van der Waals surface area contributed by atoms with E-state index < -0.39 is 0 Å². The van der Waals surface area contributed by atoms with Gasteiger partial charge in [0.15, 0.2) is 0 Å². The van der Waals surface area contributed by atoms with Gasteiger partial charge in [-0.05, 0) is 35.9 Å². The molecule has 0 aromatic heterocycles.